The summed E-state index contributed by atoms with van der Waals surface area (Å²) in [5.41, 5.74) is 5.36. The molecule has 0 spiro atoms. The van der Waals surface area contributed by atoms with Gasteiger partial charge in [0, 0.05) is 19.1 Å². The number of carbonyl (C=O) groups excluding carboxylic acids is 1. The lowest BCUT2D eigenvalue weighted by Gasteiger charge is -2.21. The molecule has 1 aliphatic rings. The first-order chi connectivity index (χ1) is 9.41. The van der Waals surface area contributed by atoms with Gasteiger partial charge in [-0.3, -0.25) is 4.79 Å². The third-order valence-corrected chi connectivity index (χ3v) is 3.31. The molecule has 0 aromatic heterocycles. The predicted octanol–water partition coefficient (Wildman–Crippen LogP) is 2.20. The maximum absolute atomic E-state index is 12.4. The molecule has 1 amide bonds. The van der Waals surface area contributed by atoms with Crippen LogP contribution in [0, 0.1) is 0 Å². The predicted molar refractivity (Wildman–Crippen MR) is 68.9 cm³/mol. The molecule has 0 atom stereocenters. The van der Waals surface area contributed by atoms with Gasteiger partial charge in [0.1, 0.15) is 0 Å². The van der Waals surface area contributed by atoms with E-state index in [1.807, 2.05) is 0 Å². The molecule has 1 fully saturated rings. The highest BCUT2D eigenvalue weighted by Crippen LogP contribution is 2.30. The maximum atomic E-state index is 12.4. The fourth-order valence-electron chi connectivity index (χ4n) is 2.12. The summed E-state index contributed by atoms with van der Waals surface area (Å²) in [4.78, 5) is 13.8. The van der Waals surface area contributed by atoms with Crippen molar-refractivity contribution in [2.45, 2.75) is 31.5 Å². The van der Waals surface area contributed by atoms with E-state index >= 15 is 0 Å². The molecular weight excluding hydrogens is 269 g/mol. The molecule has 0 saturated heterocycles. The van der Waals surface area contributed by atoms with Crippen LogP contribution in [0.4, 0.5) is 13.2 Å². The zero-order valence-electron chi connectivity index (χ0n) is 11.0. The van der Waals surface area contributed by atoms with Gasteiger partial charge in [-0.15, -0.1) is 0 Å². The molecule has 3 nitrogen and oxygen atoms in total. The molecule has 0 radical (unpaired) electrons. The molecule has 2 N–H and O–H groups in total. The van der Waals surface area contributed by atoms with Crippen molar-refractivity contribution in [3.8, 4) is 0 Å². The van der Waals surface area contributed by atoms with Gasteiger partial charge in [-0.1, -0.05) is 12.1 Å². The molecule has 20 heavy (non-hydrogen) atoms. The van der Waals surface area contributed by atoms with Gasteiger partial charge >= 0.3 is 6.18 Å². The van der Waals surface area contributed by atoms with Crippen molar-refractivity contribution < 1.29 is 18.0 Å². The number of nitrogens with two attached hydrogens (primary N) is 1. The minimum Gasteiger partial charge on any atom is -0.338 e. The van der Waals surface area contributed by atoms with Crippen LogP contribution in [0.25, 0.3) is 0 Å². The first-order valence-corrected chi connectivity index (χ1v) is 6.57. The fourth-order valence-corrected chi connectivity index (χ4v) is 2.12. The lowest BCUT2D eigenvalue weighted by molar-refractivity contribution is -0.137. The van der Waals surface area contributed by atoms with Gasteiger partial charge < -0.3 is 10.6 Å². The molecule has 1 aromatic carbocycles. The topological polar surface area (TPSA) is 46.3 Å². The van der Waals surface area contributed by atoms with E-state index in [-0.39, 0.29) is 18.4 Å². The average Bonchev–Trinajstić information content (AvgIpc) is 3.19. The largest absolute Gasteiger partial charge is 0.416 e. The number of halogens is 3. The van der Waals surface area contributed by atoms with E-state index in [0.717, 1.165) is 25.0 Å². The lowest BCUT2D eigenvalue weighted by Crippen LogP contribution is -2.38. The molecule has 0 aliphatic heterocycles. The number of hydrogen-bond acceptors (Lipinski definition) is 2. The molecule has 0 unspecified atom stereocenters. The second-order valence-electron chi connectivity index (χ2n) is 4.98. The summed E-state index contributed by atoms with van der Waals surface area (Å²) >= 11 is 0. The van der Waals surface area contributed by atoms with Gasteiger partial charge in [0.05, 0.1) is 12.0 Å². The average molecular weight is 286 g/mol. The number of nitrogens with zero attached hydrogens (tertiary/aromatic N) is 1. The smallest absolute Gasteiger partial charge is 0.338 e. The first kappa shape index (κ1) is 14.8. The van der Waals surface area contributed by atoms with Crippen LogP contribution in [0.3, 0.4) is 0 Å². The number of alkyl halides is 3. The molecular formula is C14H17F3N2O. The minimum absolute atomic E-state index is 0.0716. The standard InChI is InChI=1S/C14H17F3N2O/c15-14(16,17)11-3-1-10(2-4-11)9-13(20)19(8-7-18)12-5-6-12/h1-4,12H,5-9,18H2. The summed E-state index contributed by atoms with van der Waals surface area (Å²) in [6, 6.07) is 4.99. The third kappa shape index (κ3) is 3.72. The van der Waals surface area contributed by atoms with Gasteiger partial charge in [0.25, 0.3) is 0 Å². The van der Waals surface area contributed by atoms with Crippen LogP contribution in [0.5, 0.6) is 0 Å². The molecule has 0 bridgehead atoms. The quantitative estimate of drug-likeness (QED) is 0.902. The highest BCUT2D eigenvalue weighted by atomic mass is 19.4. The molecule has 1 aliphatic carbocycles. The molecule has 2 rings (SSSR count). The van der Waals surface area contributed by atoms with E-state index in [1.165, 1.54) is 12.1 Å². The lowest BCUT2D eigenvalue weighted by atomic mass is 10.1. The Balaban J connectivity index is 2.00. The summed E-state index contributed by atoms with van der Waals surface area (Å²) < 4.78 is 37.3. The van der Waals surface area contributed by atoms with E-state index in [1.54, 1.807) is 4.90 Å². The highest BCUT2D eigenvalue weighted by Gasteiger charge is 2.32. The summed E-state index contributed by atoms with van der Waals surface area (Å²) in [5, 5.41) is 0. The van der Waals surface area contributed by atoms with Gasteiger partial charge in [0.2, 0.25) is 5.91 Å². The fraction of sp³-hybridized carbons (Fsp3) is 0.500. The zero-order valence-corrected chi connectivity index (χ0v) is 11.0. The van der Waals surface area contributed by atoms with Crippen LogP contribution in [-0.4, -0.2) is 29.9 Å². The Morgan fingerprint density at radius 3 is 2.30 bits per heavy atom. The Hall–Kier alpha value is -1.56. The van der Waals surface area contributed by atoms with Crippen molar-refractivity contribution in [3.63, 3.8) is 0 Å². The minimum atomic E-state index is -4.35. The molecule has 1 aromatic rings. The van der Waals surface area contributed by atoms with E-state index in [4.69, 9.17) is 5.73 Å². The van der Waals surface area contributed by atoms with Crippen LogP contribution in [0.15, 0.2) is 24.3 Å². The van der Waals surface area contributed by atoms with Crippen LogP contribution in [-0.2, 0) is 17.4 Å². The van der Waals surface area contributed by atoms with Crippen LogP contribution >= 0.6 is 0 Å². The van der Waals surface area contributed by atoms with Gasteiger partial charge in [-0.2, -0.15) is 13.2 Å². The van der Waals surface area contributed by atoms with Gasteiger partial charge in [0.15, 0.2) is 0 Å². The molecule has 6 heteroatoms. The molecule has 0 heterocycles. The van der Waals surface area contributed by atoms with Crippen LogP contribution < -0.4 is 5.73 Å². The monoisotopic (exact) mass is 286 g/mol. The van der Waals surface area contributed by atoms with Crippen molar-refractivity contribution in [1.29, 1.82) is 0 Å². The number of hydrogen-bond donors (Lipinski definition) is 1. The number of amides is 1. The van der Waals surface area contributed by atoms with Crippen molar-refractivity contribution in [2.24, 2.45) is 5.73 Å². The Labute approximate surface area is 115 Å². The Morgan fingerprint density at radius 2 is 1.85 bits per heavy atom. The van der Waals surface area contributed by atoms with Crippen molar-refractivity contribution >= 4 is 5.91 Å². The van der Waals surface area contributed by atoms with Crippen molar-refractivity contribution in [3.05, 3.63) is 35.4 Å². The normalized spacial score (nSPS) is 15.2. The van der Waals surface area contributed by atoms with Gasteiger partial charge in [-0.25, -0.2) is 0 Å². The molecule has 1 saturated carbocycles. The number of benzene rings is 1. The Kier molecular flexibility index (Phi) is 4.32. The van der Waals surface area contributed by atoms with E-state index in [9.17, 15) is 18.0 Å². The molecule has 110 valence electrons. The summed E-state index contributed by atoms with van der Waals surface area (Å²) in [5.74, 6) is -0.0716. The van der Waals surface area contributed by atoms with E-state index in [0.29, 0.717) is 18.7 Å². The second-order valence-corrected chi connectivity index (χ2v) is 4.98. The zero-order chi connectivity index (χ0) is 14.8. The third-order valence-electron chi connectivity index (χ3n) is 3.31. The number of rotatable bonds is 5. The second kappa shape index (κ2) is 5.83. The Morgan fingerprint density at radius 1 is 1.25 bits per heavy atom. The van der Waals surface area contributed by atoms with E-state index < -0.39 is 11.7 Å². The van der Waals surface area contributed by atoms with Crippen molar-refractivity contribution in [1.82, 2.24) is 4.90 Å². The summed E-state index contributed by atoms with van der Waals surface area (Å²) in [7, 11) is 0. The Bertz CT molecular complexity index is 466. The van der Waals surface area contributed by atoms with Crippen LogP contribution in [0.1, 0.15) is 24.0 Å². The maximum Gasteiger partial charge on any atom is 0.416 e. The van der Waals surface area contributed by atoms with Crippen LogP contribution in [0.2, 0.25) is 0 Å². The summed E-state index contributed by atoms with van der Waals surface area (Å²) in [6.07, 6.45) is -2.26. The van der Waals surface area contributed by atoms with E-state index in [2.05, 4.69) is 0 Å². The van der Waals surface area contributed by atoms with Gasteiger partial charge in [-0.05, 0) is 30.5 Å². The summed E-state index contributed by atoms with van der Waals surface area (Å²) in [6.45, 7) is 0.902. The SMILES string of the molecule is NCCN(C(=O)Cc1ccc(C(F)(F)F)cc1)C1CC1. The number of carbonyl (C=O) groups is 1. The van der Waals surface area contributed by atoms with Crippen molar-refractivity contribution in [2.75, 3.05) is 13.1 Å². The highest BCUT2D eigenvalue weighted by molar-refractivity contribution is 5.79. The first-order valence-electron chi connectivity index (χ1n) is 6.57.